The van der Waals surface area contributed by atoms with Crippen molar-refractivity contribution in [2.75, 3.05) is 7.11 Å². The average molecular weight is 279 g/mol. The summed E-state index contributed by atoms with van der Waals surface area (Å²) < 4.78 is 11.0. The van der Waals surface area contributed by atoms with Gasteiger partial charge in [0.1, 0.15) is 0 Å². The number of methoxy groups -OCH3 is 1. The van der Waals surface area contributed by atoms with E-state index in [-0.39, 0.29) is 11.9 Å². The molecule has 0 aromatic heterocycles. The first-order valence-electron chi connectivity index (χ1n) is 7.22. The maximum atomic E-state index is 12.2. The van der Waals surface area contributed by atoms with Crippen LogP contribution in [0.3, 0.4) is 0 Å². The Morgan fingerprint density at radius 2 is 1.90 bits per heavy atom. The van der Waals surface area contributed by atoms with Crippen molar-refractivity contribution >= 4 is 5.91 Å². The van der Waals surface area contributed by atoms with Crippen LogP contribution in [-0.2, 0) is 4.79 Å². The van der Waals surface area contributed by atoms with Gasteiger partial charge in [0.05, 0.1) is 7.11 Å². The highest BCUT2D eigenvalue weighted by molar-refractivity contribution is 5.81. The van der Waals surface area contributed by atoms with E-state index in [1.807, 2.05) is 38.1 Å². The Morgan fingerprint density at radius 1 is 1.25 bits per heavy atom. The Hall–Kier alpha value is -1.71. The number of nitrogens with one attached hydrogen (secondary N) is 1. The van der Waals surface area contributed by atoms with E-state index in [0.717, 1.165) is 12.8 Å². The largest absolute Gasteiger partial charge is 0.493 e. The molecule has 1 N–H and O–H groups in total. The Labute approximate surface area is 121 Å². The molecule has 0 aliphatic carbocycles. The lowest BCUT2D eigenvalue weighted by atomic mass is 10.1. The van der Waals surface area contributed by atoms with Crippen LogP contribution in [-0.4, -0.2) is 25.2 Å². The van der Waals surface area contributed by atoms with Gasteiger partial charge >= 0.3 is 0 Å². The molecule has 1 aromatic carbocycles. The van der Waals surface area contributed by atoms with Gasteiger partial charge in [0.25, 0.3) is 5.91 Å². The zero-order chi connectivity index (χ0) is 15.0. The summed E-state index contributed by atoms with van der Waals surface area (Å²) in [7, 11) is 1.59. The summed E-state index contributed by atoms with van der Waals surface area (Å²) in [6, 6.07) is 7.53. The number of rotatable bonds is 8. The van der Waals surface area contributed by atoms with E-state index in [1.54, 1.807) is 7.11 Å². The van der Waals surface area contributed by atoms with Crippen molar-refractivity contribution < 1.29 is 14.3 Å². The predicted octanol–water partition coefficient (Wildman–Crippen LogP) is 3.16. The van der Waals surface area contributed by atoms with E-state index in [0.29, 0.717) is 17.9 Å². The summed E-state index contributed by atoms with van der Waals surface area (Å²) in [6.45, 7) is 6.05. The molecule has 1 rings (SSSR count). The van der Waals surface area contributed by atoms with Crippen molar-refractivity contribution in [1.29, 1.82) is 0 Å². The standard InChI is InChI=1S/C16H25NO3/c1-5-9-12(3)17-16(18)13(6-2)20-15-11-8-7-10-14(15)19-4/h7-8,10-13H,5-6,9H2,1-4H3,(H,17,18)/t12-,13+/m1/s1. The fraction of sp³-hybridized carbons (Fsp3) is 0.562. The first-order chi connectivity index (χ1) is 9.62. The van der Waals surface area contributed by atoms with Crippen molar-refractivity contribution in [1.82, 2.24) is 5.32 Å². The fourth-order valence-electron chi connectivity index (χ4n) is 2.03. The fourth-order valence-corrected chi connectivity index (χ4v) is 2.03. The molecule has 0 fully saturated rings. The van der Waals surface area contributed by atoms with E-state index >= 15 is 0 Å². The second-order valence-corrected chi connectivity index (χ2v) is 4.86. The number of carbonyl (C=O) groups excluding carboxylic acids is 1. The quantitative estimate of drug-likeness (QED) is 0.795. The van der Waals surface area contributed by atoms with Crippen LogP contribution in [0.1, 0.15) is 40.0 Å². The van der Waals surface area contributed by atoms with Crippen LogP contribution in [0.5, 0.6) is 11.5 Å². The minimum atomic E-state index is -0.495. The second kappa shape index (κ2) is 8.46. The van der Waals surface area contributed by atoms with Gasteiger partial charge in [-0.3, -0.25) is 4.79 Å². The summed E-state index contributed by atoms with van der Waals surface area (Å²) in [5.74, 6) is 1.17. The zero-order valence-corrected chi connectivity index (χ0v) is 12.8. The van der Waals surface area contributed by atoms with Crippen LogP contribution < -0.4 is 14.8 Å². The van der Waals surface area contributed by atoms with Crippen LogP contribution in [0, 0.1) is 0 Å². The van der Waals surface area contributed by atoms with E-state index in [4.69, 9.17) is 9.47 Å². The first-order valence-corrected chi connectivity index (χ1v) is 7.22. The number of para-hydroxylation sites is 2. The lowest BCUT2D eigenvalue weighted by molar-refractivity contribution is -0.128. The lowest BCUT2D eigenvalue weighted by Gasteiger charge is -2.21. The van der Waals surface area contributed by atoms with Crippen LogP contribution in [0.4, 0.5) is 0 Å². The Kier molecular flexibility index (Phi) is 6.91. The third-order valence-electron chi connectivity index (χ3n) is 3.11. The highest BCUT2D eigenvalue weighted by Gasteiger charge is 2.21. The van der Waals surface area contributed by atoms with Crippen LogP contribution in [0.2, 0.25) is 0 Å². The van der Waals surface area contributed by atoms with Crippen LogP contribution in [0.15, 0.2) is 24.3 Å². The highest BCUT2D eigenvalue weighted by atomic mass is 16.5. The van der Waals surface area contributed by atoms with Gasteiger partial charge in [-0.15, -0.1) is 0 Å². The van der Waals surface area contributed by atoms with Gasteiger partial charge in [0.2, 0.25) is 0 Å². The van der Waals surface area contributed by atoms with E-state index in [2.05, 4.69) is 12.2 Å². The van der Waals surface area contributed by atoms with Gasteiger partial charge in [-0.1, -0.05) is 32.4 Å². The number of hydrogen-bond acceptors (Lipinski definition) is 3. The van der Waals surface area contributed by atoms with Gasteiger partial charge < -0.3 is 14.8 Å². The van der Waals surface area contributed by atoms with Gasteiger partial charge in [-0.2, -0.15) is 0 Å². The van der Waals surface area contributed by atoms with Gasteiger partial charge in [-0.05, 0) is 31.9 Å². The molecule has 20 heavy (non-hydrogen) atoms. The van der Waals surface area contributed by atoms with Crippen molar-refractivity contribution in [3.63, 3.8) is 0 Å². The van der Waals surface area contributed by atoms with Crippen LogP contribution in [0.25, 0.3) is 0 Å². The molecule has 1 aromatic rings. The molecule has 0 heterocycles. The predicted molar refractivity (Wildman–Crippen MR) is 80.2 cm³/mol. The summed E-state index contributed by atoms with van der Waals surface area (Å²) in [4.78, 5) is 12.2. The van der Waals surface area contributed by atoms with E-state index in [9.17, 15) is 4.79 Å². The molecule has 0 saturated heterocycles. The van der Waals surface area contributed by atoms with Crippen molar-refractivity contribution in [3.8, 4) is 11.5 Å². The second-order valence-electron chi connectivity index (χ2n) is 4.86. The molecule has 0 aliphatic heterocycles. The molecule has 4 nitrogen and oxygen atoms in total. The molecule has 112 valence electrons. The first kappa shape index (κ1) is 16.3. The molecule has 2 atom stereocenters. The summed E-state index contributed by atoms with van der Waals surface area (Å²) in [5.41, 5.74) is 0. The van der Waals surface area contributed by atoms with Crippen molar-refractivity contribution in [2.45, 2.75) is 52.2 Å². The number of hydrogen-bond donors (Lipinski definition) is 1. The molecule has 0 radical (unpaired) electrons. The summed E-state index contributed by atoms with van der Waals surface area (Å²) in [5, 5.41) is 2.98. The Bertz CT molecular complexity index is 420. The Balaban J connectivity index is 2.68. The van der Waals surface area contributed by atoms with Gasteiger partial charge in [0.15, 0.2) is 17.6 Å². The van der Waals surface area contributed by atoms with Gasteiger partial charge in [-0.25, -0.2) is 0 Å². The number of benzene rings is 1. The lowest BCUT2D eigenvalue weighted by Crippen LogP contribution is -2.42. The smallest absolute Gasteiger partial charge is 0.261 e. The van der Waals surface area contributed by atoms with E-state index < -0.39 is 6.10 Å². The maximum Gasteiger partial charge on any atom is 0.261 e. The van der Waals surface area contributed by atoms with Gasteiger partial charge in [0, 0.05) is 6.04 Å². The van der Waals surface area contributed by atoms with E-state index in [1.165, 1.54) is 0 Å². The molecule has 1 amide bonds. The summed E-state index contributed by atoms with van der Waals surface area (Å²) in [6.07, 6.45) is 2.14. The molecule has 0 aliphatic rings. The number of carbonyl (C=O) groups is 1. The minimum absolute atomic E-state index is 0.0700. The SMILES string of the molecule is CCC[C@@H](C)NC(=O)[C@H](CC)Oc1ccccc1OC. The minimum Gasteiger partial charge on any atom is -0.493 e. The van der Waals surface area contributed by atoms with Crippen LogP contribution >= 0.6 is 0 Å². The average Bonchev–Trinajstić information content (AvgIpc) is 2.45. The number of ether oxygens (including phenoxy) is 2. The summed E-state index contributed by atoms with van der Waals surface area (Å²) >= 11 is 0. The normalized spacial score (nSPS) is 13.4. The molecule has 0 unspecified atom stereocenters. The monoisotopic (exact) mass is 279 g/mol. The van der Waals surface area contributed by atoms with Crippen molar-refractivity contribution in [2.24, 2.45) is 0 Å². The number of amides is 1. The molecule has 0 spiro atoms. The molecule has 0 saturated carbocycles. The molecule has 4 heteroatoms. The third kappa shape index (κ3) is 4.76. The molecular weight excluding hydrogens is 254 g/mol. The Morgan fingerprint density at radius 3 is 2.45 bits per heavy atom. The highest BCUT2D eigenvalue weighted by Crippen LogP contribution is 2.27. The maximum absolute atomic E-state index is 12.2. The van der Waals surface area contributed by atoms with Crippen molar-refractivity contribution in [3.05, 3.63) is 24.3 Å². The zero-order valence-electron chi connectivity index (χ0n) is 12.8. The topological polar surface area (TPSA) is 47.6 Å². The third-order valence-corrected chi connectivity index (χ3v) is 3.11. The molecule has 0 bridgehead atoms. The molecular formula is C16H25NO3.